The molecule has 27 heavy (non-hydrogen) atoms. The maximum absolute atomic E-state index is 6.19. The normalized spacial score (nSPS) is 15.0. The van der Waals surface area contributed by atoms with Gasteiger partial charge in [-0.3, -0.25) is 0 Å². The molecular weight excluding hydrogens is 323 g/mol. The van der Waals surface area contributed by atoms with E-state index in [9.17, 15) is 0 Å². The molecule has 2 radical (unpaired) electrons. The van der Waals surface area contributed by atoms with Crippen molar-refractivity contribution in [2.45, 2.75) is 26.1 Å². The molecule has 0 aromatic heterocycles. The van der Waals surface area contributed by atoms with Crippen molar-refractivity contribution in [1.82, 2.24) is 0 Å². The first kappa shape index (κ1) is 16.4. The van der Waals surface area contributed by atoms with Crippen LogP contribution < -0.4 is 0 Å². The van der Waals surface area contributed by atoms with Crippen molar-refractivity contribution in [3.8, 4) is 22.3 Å². The van der Waals surface area contributed by atoms with Crippen molar-refractivity contribution in [2.75, 3.05) is 0 Å². The maximum Gasteiger partial charge on any atom is 0.0665 e. The van der Waals surface area contributed by atoms with Crippen LogP contribution >= 0.6 is 0 Å². The summed E-state index contributed by atoms with van der Waals surface area (Å²) >= 11 is 0. The number of hydrogen-bond donors (Lipinski definition) is 0. The van der Waals surface area contributed by atoms with Crippen molar-refractivity contribution < 1.29 is 0 Å². The van der Waals surface area contributed by atoms with Crippen LogP contribution in [0, 0.1) is 13.8 Å². The summed E-state index contributed by atoms with van der Waals surface area (Å²) in [5, 5.41) is 2.58. The van der Waals surface area contributed by atoms with E-state index >= 15 is 0 Å². The molecule has 0 amide bonds. The van der Waals surface area contributed by atoms with Gasteiger partial charge in [0, 0.05) is 5.92 Å². The van der Waals surface area contributed by atoms with Gasteiger partial charge in [-0.1, -0.05) is 78.1 Å². The quantitative estimate of drug-likeness (QED) is 0.350. The van der Waals surface area contributed by atoms with Crippen molar-refractivity contribution in [3.63, 3.8) is 0 Å². The summed E-state index contributed by atoms with van der Waals surface area (Å²) < 4.78 is 0. The zero-order valence-electron chi connectivity index (χ0n) is 15.8. The van der Waals surface area contributed by atoms with Crippen LogP contribution in [-0.2, 0) is 0 Å². The highest BCUT2D eigenvalue weighted by molar-refractivity contribution is 6.10. The summed E-state index contributed by atoms with van der Waals surface area (Å²) in [5.41, 5.74) is 10.5. The third kappa shape index (κ3) is 2.61. The lowest BCUT2D eigenvalue weighted by molar-refractivity contribution is 0.951. The Morgan fingerprint density at radius 1 is 0.630 bits per heavy atom. The summed E-state index contributed by atoms with van der Waals surface area (Å²) in [5.74, 6) is 0.290. The van der Waals surface area contributed by atoms with E-state index < -0.39 is 0 Å². The zero-order chi connectivity index (χ0) is 18.5. The molecule has 128 valence electrons. The van der Waals surface area contributed by atoms with Gasteiger partial charge < -0.3 is 0 Å². The SMILES string of the molecule is [B]CC1c2cc(C)ccc2-c2ccc(-c3ccc4cc(C)ccc4c3)cc21. The molecular formula is C26H21B. The molecule has 4 aromatic rings. The van der Waals surface area contributed by atoms with Gasteiger partial charge in [0.25, 0.3) is 0 Å². The Hall–Kier alpha value is -2.80. The molecule has 0 saturated heterocycles. The highest BCUT2D eigenvalue weighted by Crippen LogP contribution is 2.47. The molecule has 1 aliphatic rings. The Kier molecular flexibility index (Phi) is 3.72. The van der Waals surface area contributed by atoms with E-state index in [1.54, 1.807) is 0 Å². The second-order valence-electron chi connectivity index (χ2n) is 7.75. The Morgan fingerprint density at radius 2 is 1.19 bits per heavy atom. The summed E-state index contributed by atoms with van der Waals surface area (Å²) in [7, 11) is 6.19. The van der Waals surface area contributed by atoms with Gasteiger partial charge in [0.2, 0.25) is 0 Å². The monoisotopic (exact) mass is 344 g/mol. The van der Waals surface area contributed by atoms with Crippen LogP contribution in [0.25, 0.3) is 33.0 Å². The molecule has 4 aromatic carbocycles. The van der Waals surface area contributed by atoms with E-state index in [-0.39, 0.29) is 5.92 Å². The van der Waals surface area contributed by atoms with Crippen molar-refractivity contribution in [3.05, 3.63) is 95.1 Å². The van der Waals surface area contributed by atoms with Crippen molar-refractivity contribution >= 4 is 18.6 Å². The summed E-state index contributed by atoms with van der Waals surface area (Å²) in [6.07, 6.45) is 0.643. The van der Waals surface area contributed by atoms with Gasteiger partial charge >= 0.3 is 0 Å². The number of fused-ring (bicyclic) bond motifs is 4. The zero-order valence-corrected chi connectivity index (χ0v) is 15.8. The lowest BCUT2D eigenvalue weighted by atomic mass is 9.83. The topological polar surface area (TPSA) is 0 Å². The Bertz CT molecular complexity index is 1190. The van der Waals surface area contributed by atoms with Gasteiger partial charge in [-0.2, -0.15) is 0 Å². The average Bonchev–Trinajstić information content (AvgIpc) is 2.99. The van der Waals surface area contributed by atoms with Gasteiger partial charge in [-0.15, -0.1) is 0 Å². The molecule has 0 bridgehead atoms. The molecule has 0 fully saturated rings. The first-order valence-corrected chi connectivity index (χ1v) is 9.60. The summed E-state index contributed by atoms with van der Waals surface area (Å²) in [6.45, 7) is 4.29. The molecule has 0 aliphatic heterocycles. The van der Waals surface area contributed by atoms with Gasteiger partial charge in [-0.25, -0.2) is 0 Å². The minimum Gasteiger partial charge on any atom is -0.0779 e. The van der Waals surface area contributed by atoms with Gasteiger partial charge in [0.05, 0.1) is 7.85 Å². The van der Waals surface area contributed by atoms with Gasteiger partial charge in [0.15, 0.2) is 0 Å². The molecule has 0 N–H and O–H groups in total. The molecule has 1 unspecified atom stereocenters. The number of hydrogen-bond acceptors (Lipinski definition) is 0. The van der Waals surface area contributed by atoms with Crippen molar-refractivity contribution in [2.24, 2.45) is 0 Å². The van der Waals surface area contributed by atoms with Crippen LogP contribution in [0.2, 0.25) is 6.32 Å². The lowest BCUT2D eigenvalue weighted by Crippen LogP contribution is -1.96. The molecule has 0 saturated carbocycles. The predicted octanol–water partition coefficient (Wildman–Crippen LogP) is 6.82. The third-order valence-electron chi connectivity index (χ3n) is 5.86. The molecule has 1 atom stereocenters. The minimum atomic E-state index is 0.290. The first-order chi connectivity index (χ1) is 13.1. The third-order valence-corrected chi connectivity index (χ3v) is 5.86. The van der Waals surface area contributed by atoms with Gasteiger partial charge in [-0.05, 0) is 70.1 Å². The minimum absolute atomic E-state index is 0.290. The maximum atomic E-state index is 6.19. The molecule has 0 nitrogen and oxygen atoms in total. The molecule has 1 heteroatoms. The number of aryl methyl sites for hydroxylation is 2. The van der Waals surface area contributed by atoms with Crippen LogP contribution in [0.4, 0.5) is 0 Å². The van der Waals surface area contributed by atoms with E-state index in [2.05, 4.69) is 86.6 Å². The highest BCUT2D eigenvalue weighted by atomic mass is 14.3. The van der Waals surface area contributed by atoms with Crippen LogP contribution in [0.5, 0.6) is 0 Å². The van der Waals surface area contributed by atoms with E-state index in [0.29, 0.717) is 6.32 Å². The van der Waals surface area contributed by atoms with Crippen LogP contribution in [-0.4, -0.2) is 7.85 Å². The molecule has 0 heterocycles. The Labute approximate surface area is 162 Å². The van der Waals surface area contributed by atoms with Crippen molar-refractivity contribution in [1.29, 1.82) is 0 Å². The van der Waals surface area contributed by atoms with Crippen LogP contribution in [0.1, 0.15) is 28.2 Å². The molecule has 5 rings (SSSR count). The molecule has 0 spiro atoms. The largest absolute Gasteiger partial charge is 0.0779 e. The van der Waals surface area contributed by atoms with Crippen LogP contribution in [0.3, 0.4) is 0 Å². The lowest BCUT2D eigenvalue weighted by Gasteiger charge is -2.13. The fourth-order valence-electron chi connectivity index (χ4n) is 4.46. The Balaban J connectivity index is 1.64. The second kappa shape index (κ2) is 6.13. The highest BCUT2D eigenvalue weighted by Gasteiger charge is 2.27. The van der Waals surface area contributed by atoms with Gasteiger partial charge in [0.1, 0.15) is 0 Å². The first-order valence-electron chi connectivity index (χ1n) is 9.60. The standard InChI is InChI=1S/C26H21B/c1-16-3-5-19-13-20(7-6-18(19)11-16)21-8-10-23-22-9-4-17(2)12-24(22)26(15-27)25(23)14-21/h3-14,26H,15H2,1-2H3. The number of benzene rings is 4. The Morgan fingerprint density at radius 3 is 2.00 bits per heavy atom. The summed E-state index contributed by atoms with van der Waals surface area (Å²) in [4.78, 5) is 0. The predicted molar refractivity (Wildman–Crippen MR) is 117 cm³/mol. The van der Waals surface area contributed by atoms with Crippen LogP contribution in [0.15, 0.2) is 72.8 Å². The smallest absolute Gasteiger partial charge is 0.0665 e. The molecule has 1 aliphatic carbocycles. The van der Waals surface area contributed by atoms with E-state index in [1.807, 2.05) is 0 Å². The summed E-state index contributed by atoms with van der Waals surface area (Å²) in [6, 6.07) is 27.0. The van der Waals surface area contributed by atoms with E-state index in [4.69, 9.17) is 7.85 Å². The number of rotatable bonds is 2. The fraction of sp³-hybridized carbons (Fsp3) is 0.154. The fourth-order valence-corrected chi connectivity index (χ4v) is 4.46. The second-order valence-corrected chi connectivity index (χ2v) is 7.75. The van der Waals surface area contributed by atoms with E-state index in [0.717, 1.165) is 0 Å². The van der Waals surface area contributed by atoms with E-state index in [1.165, 1.54) is 55.3 Å². The average molecular weight is 344 g/mol.